The van der Waals surface area contributed by atoms with Gasteiger partial charge >= 0.3 is 7.75 Å². The van der Waals surface area contributed by atoms with Crippen LogP contribution in [0, 0.1) is 12.8 Å². The SMILES string of the molecule is CCOP(=O)(OCC)N1CCC[C@H]1C(=O)N[C@@H](Cc1ccccc1)C(=O)N[C@@H](CC(C)C)C(=O)N[C@@H](C)[C@@H](O)c1nc(C)cs1. The molecule has 1 fully saturated rings. The summed E-state index contributed by atoms with van der Waals surface area (Å²) in [5, 5.41) is 21.6. The molecular weight excluding hydrogens is 617 g/mol. The average molecular weight is 666 g/mol. The van der Waals surface area contributed by atoms with Gasteiger partial charge in [-0.1, -0.05) is 44.2 Å². The van der Waals surface area contributed by atoms with Crippen LogP contribution in [0.2, 0.25) is 0 Å². The molecule has 0 spiro atoms. The Morgan fingerprint density at radius 1 is 1.04 bits per heavy atom. The zero-order chi connectivity index (χ0) is 33.1. The van der Waals surface area contributed by atoms with Crippen LogP contribution in [0.1, 0.15) is 76.3 Å². The molecule has 3 amide bonds. The van der Waals surface area contributed by atoms with Crippen LogP contribution in [0.5, 0.6) is 0 Å². The summed E-state index contributed by atoms with van der Waals surface area (Å²) < 4.78 is 26.0. The molecular formula is C31H48N5O7PS. The van der Waals surface area contributed by atoms with E-state index >= 15 is 0 Å². The number of nitrogens with zero attached hydrogens (tertiary/aromatic N) is 2. The summed E-state index contributed by atoms with van der Waals surface area (Å²) in [7, 11) is -3.71. The van der Waals surface area contributed by atoms with Crippen molar-refractivity contribution in [1.82, 2.24) is 25.6 Å². The molecule has 2 aromatic rings. The minimum Gasteiger partial charge on any atom is -0.384 e. The first-order valence-electron chi connectivity index (χ1n) is 15.6. The van der Waals surface area contributed by atoms with Crippen LogP contribution in [0.15, 0.2) is 35.7 Å². The Morgan fingerprint density at radius 2 is 1.69 bits per heavy atom. The fourth-order valence-corrected chi connectivity index (χ4v) is 8.11. The summed E-state index contributed by atoms with van der Waals surface area (Å²) in [5.74, 6) is -1.39. The third-order valence-corrected chi connectivity index (χ3v) is 10.7. The van der Waals surface area contributed by atoms with Gasteiger partial charge in [0.05, 0.1) is 25.3 Å². The van der Waals surface area contributed by atoms with Crippen LogP contribution in [-0.2, 0) is 34.4 Å². The fourth-order valence-electron chi connectivity index (χ4n) is 5.25. The van der Waals surface area contributed by atoms with Gasteiger partial charge in [-0.3, -0.25) is 23.4 Å². The molecule has 1 aliphatic rings. The van der Waals surface area contributed by atoms with E-state index in [1.54, 1.807) is 20.8 Å². The Labute approximate surface area is 270 Å². The van der Waals surface area contributed by atoms with Crippen molar-refractivity contribution < 1.29 is 33.1 Å². The number of aryl methyl sites for hydroxylation is 1. The van der Waals surface area contributed by atoms with Gasteiger partial charge in [0.1, 0.15) is 23.2 Å². The lowest BCUT2D eigenvalue weighted by atomic mass is 10.0. The maximum absolute atomic E-state index is 13.8. The molecule has 45 heavy (non-hydrogen) atoms. The maximum atomic E-state index is 13.8. The van der Waals surface area contributed by atoms with Gasteiger partial charge in [0.2, 0.25) is 17.7 Å². The molecule has 1 saturated heterocycles. The first-order valence-corrected chi connectivity index (χ1v) is 18.0. The van der Waals surface area contributed by atoms with Crippen molar-refractivity contribution in [3.05, 3.63) is 52.0 Å². The Hall–Kier alpha value is -2.67. The second-order valence-corrected chi connectivity index (χ2v) is 14.5. The zero-order valence-electron chi connectivity index (χ0n) is 27.0. The number of benzene rings is 1. The summed E-state index contributed by atoms with van der Waals surface area (Å²) in [6.45, 7) is 11.5. The smallest absolute Gasteiger partial charge is 0.384 e. The minimum absolute atomic E-state index is 0.0587. The molecule has 3 rings (SSSR count). The summed E-state index contributed by atoms with van der Waals surface area (Å²) in [5.41, 5.74) is 1.60. The topological polar surface area (TPSA) is 159 Å². The third kappa shape index (κ3) is 10.4. The fraction of sp³-hybridized carbons (Fsp3) is 0.613. The summed E-state index contributed by atoms with van der Waals surface area (Å²) in [4.78, 5) is 45.3. The van der Waals surface area contributed by atoms with E-state index in [9.17, 15) is 24.1 Å². The highest BCUT2D eigenvalue weighted by Gasteiger charge is 2.45. The molecule has 14 heteroatoms. The lowest BCUT2D eigenvalue weighted by molar-refractivity contribution is -0.133. The van der Waals surface area contributed by atoms with Crippen LogP contribution < -0.4 is 16.0 Å². The lowest BCUT2D eigenvalue weighted by Crippen LogP contribution is -2.57. The van der Waals surface area contributed by atoms with E-state index in [0.29, 0.717) is 30.8 Å². The van der Waals surface area contributed by atoms with Gasteiger partial charge in [-0.25, -0.2) is 9.55 Å². The van der Waals surface area contributed by atoms with E-state index < -0.39 is 55.7 Å². The Bertz CT molecular complexity index is 1300. The number of nitrogens with one attached hydrogen (secondary N) is 3. The monoisotopic (exact) mass is 665 g/mol. The molecule has 1 aromatic carbocycles. The maximum Gasteiger partial charge on any atom is 0.408 e. The van der Waals surface area contributed by atoms with E-state index in [4.69, 9.17) is 9.05 Å². The quantitative estimate of drug-likeness (QED) is 0.184. The predicted molar refractivity (Wildman–Crippen MR) is 173 cm³/mol. The molecule has 0 bridgehead atoms. The Balaban J connectivity index is 1.79. The second-order valence-electron chi connectivity index (χ2n) is 11.6. The summed E-state index contributed by atoms with van der Waals surface area (Å²) >= 11 is 1.31. The highest BCUT2D eigenvalue weighted by atomic mass is 32.1. The number of aliphatic hydroxyl groups is 1. The van der Waals surface area contributed by atoms with Crippen LogP contribution in [0.4, 0.5) is 0 Å². The largest absolute Gasteiger partial charge is 0.408 e. The minimum atomic E-state index is -3.71. The molecule has 12 nitrogen and oxygen atoms in total. The van der Waals surface area contributed by atoms with Gasteiger partial charge < -0.3 is 21.1 Å². The molecule has 0 unspecified atom stereocenters. The molecule has 2 heterocycles. The number of rotatable bonds is 17. The van der Waals surface area contributed by atoms with E-state index in [1.807, 2.05) is 56.5 Å². The van der Waals surface area contributed by atoms with E-state index in [-0.39, 0.29) is 25.6 Å². The van der Waals surface area contributed by atoms with E-state index in [0.717, 1.165) is 11.3 Å². The van der Waals surface area contributed by atoms with Crippen molar-refractivity contribution in [2.45, 2.75) is 97.5 Å². The first kappa shape index (κ1) is 36.8. The number of thiazole rings is 1. The summed E-state index contributed by atoms with van der Waals surface area (Å²) in [6, 6.07) is 5.85. The van der Waals surface area contributed by atoms with E-state index in [1.165, 1.54) is 16.0 Å². The predicted octanol–water partition coefficient (Wildman–Crippen LogP) is 3.89. The van der Waals surface area contributed by atoms with Crippen LogP contribution >= 0.6 is 19.1 Å². The lowest BCUT2D eigenvalue weighted by Gasteiger charge is -2.31. The molecule has 1 aromatic heterocycles. The molecule has 0 radical (unpaired) electrons. The van der Waals surface area contributed by atoms with Crippen molar-refractivity contribution in [3.8, 4) is 0 Å². The van der Waals surface area contributed by atoms with Gasteiger partial charge in [0.25, 0.3) is 0 Å². The van der Waals surface area contributed by atoms with Gasteiger partial charge in [0, 0.05) is 24.0 Å². The number of aromatic nitrogens is 1. The highest BCUT2D eigenvalue weighted by molar-refractivity contribution is 7.51. The van der Waals surface area contributed by atoms with Crippen molar-refractivity contribution >= 4 is 36.8 Å². The zero-order valence-corrected chi connectivity index (χ0v) is 28.7. The normalized spacial score (nSPS) is 18.3. The molecule has 0 aliphatic carbocycles. The number of carbonyl (C=O) groups excluding carboxylic acids is 3. The molecule has 4 N–H and O–H groups in total. The van der Waals surface area contributed by atoms with E-state index in [2.05, 4.69) is 20.9 Å². The average Bonchev–Trinajstić information content (AvgIpc) is 3.66. The van der Waals surface area contributed by atoms with Crippen molar-refractivity contribution in [3.63, 3.8) is 0 Å². The second kappa shape index (κ2) is 17.3. The van der Waals surface area contributed by atoms with Crippen molar-refractivity contribution in [2.75, 3.05) is 19.8 Å². The molecule has 1 aliphatic heterocycles. The van der Waals surface area contributed by atoms with Gasteiger partial charge in [-0.2, -0.15) is 4.67 Å². The van der Waals surface area contributed by atoms with Crippen molar-refractivity contribution in [2.24, 2.45) is 5.92 Å². The molecule has 0 saturated carbocycles. The van der Waals surface area contributed by atoms with Gasteiger partial charge in [-0.05, 0) is 58.4 Å². The summed E-state index contributed by atoms with van der Waals surface area (Å²) in [6.07, 6.45) is 0.539. The van der Waals surface area contributed by atoms with Crippen LogP contribution in [-0.4, -0.2) is 76.4 Å². The first-order chi connectivity index (χ1) is 21.4. The molecule has 5 atom stereocenters. The van der Waals surface area contributed by atoms with Gasteiger partial charge in [0.15, 0.2) is 0 Å². The Kier molecular flexibility index (Phi) is 14.1. The highest BCUT2D eigenvalue weighted by Crippen LogP contribution is 2.55. The van der Waals surface area contributed by atoms with Gasteiger partial charge in [-0.15, -0.1) is 11.3 Å². The number of carbonyl (C=O) groups is 3. The number of hydrogen-bond acceptors (Lipinski definition) is 9. The number of hydrogen-bond donors (Lipinski definition) is 4. The van der Waals surface area contributed by atoms with Crippen molar-refractivity contribution in [1.29, 1.82) is 0 Å². The number of aliphatic hydroxyl groups excluding tert-OH is 1. The standard InChI is InChI=1S/C31H48N5O7PS/c1-7-42-44(41,43-8-2)36-16-12-15-26(36)30(40)35-25(18-23-13-10-9-11-14-23)29(39)34-24(17-20(3)4)28(38)33-22(6)27(37)31-32-21(5)19-45-31/h9-11,13-14,19-20,22,24-27,37H,7-8,12,15-18H2,1-6H3,(H,33,38)(H,34,39)(H,35,40)/t22-,24-,25-,26-,27+/m0/s1. The van der Waals surface area contributed by atoms with Crippen LogP contribution in [0.25, 0.3) is 0 Å². The third-order valence-electron chi connectivity index (χ3n) is 7.42. The Morgan fingerprint density at radius 3 is 2.27 bits per heavy atom. The van der Waals surface area contributed by atoms with Crippen LogP contribution in [0.3, 0.4) is 0 Å². The number of amides is 3. The molecule has 250 valence electrons.